The summed E-state index contributed by atoms with van der Waals surface area (Å²) in [6, 6.07) is 7.53. The van der Waals surface area contributed by atoms with Crippen LogP contribution in [0.2, 0.25) is 0 Å². The molecule has 0 bridgehead atoms. The Hall–Kier alpha value is -0.540. The molecule has 0 heterocycles. The van der Waals surface area contributed by atoms with E-state index in [1.165, 1.54) is 12.8 Å². The van der Waals surface area contributed by atoms with Gasteiger partial charge < -0.3 is 5.32 Å². The normalized spacial score (nSPS) is 27.1. The van der Waals surface area contributed by atoms with Crippen molar-refractivity contribution in [2.45, 2.75) is 49.3 Å². The van der Waals surface area contributed by atoms with Crippen LogP contribution in [-0.2, 0) is 0 Å². The summed E-state index contributed by atoms with van der Waals surface area (Å²) in [5, 5.41) is 3.90. The molecule has 1 aliphatic carbocycles. The highest BCUT2D eigenvalue weighted by atomic mass is 32.2. The second kappa shape index (κ2) is 5.62. The van der Waals surface area contributed by atoms with Gasteiger partial charge in [0.2, 0.25) is 0 Å². The predicted octanol–water partition coefficient (Wildman–Crippen LogP) is 4.08. The zero-order valence-electron chi connectivity index (χ0n) is 11.4. The lowest BCUT2D eigenvalue weighted by atomic mass is 9.73. The number of rotatable bonds is 3. The summed E-state index contributed by atoms with van der Waals surface area (Å²) in [5.41, 5.74) is 0.288. The first-order valence-electron chi connectivity index (χ1n) is 6.63. The van der Waals surface area contributed by atoms with Crippen molar-refractivity contribution < 1.29 is 4.39 Å². The molecule has 0 radical (unpaired) electrons. The standard InChI is InChI=1S/C15H22FNS/c1-15(2)10-6-9-13(14(15)17-3)18-12-8-5-4-7-11(12)16/h4-5,7-8,13-14,17H,6,9-10H2,1-3H3. The lowest BCUT2D eigenvalue weighted by Gasteiger charge is -2.43. The van der Waals surface area contributed by atoms with Gasteiger partial charge in [0, 0.05) is 16.2 Å². The van der Waals surface area contributed by atoms with Gasteiger partial charge in [-0.3, -0.25) is 0 Å². The second-order valence-corrected chi connectivity index (χ2v) is 7.01. The molecule has 1 N–H and O–H groups in total. The molecule has 2 rings (SSSR count). The van der Waals surface area contributed by atoms with Crippen LogP contribution >= 0.6 is 11.8 Å². The number of hydrogen-bond donors (Lipinski definition) is 1. The van der Waals surface area contributed by atoms with Gasteiger partial charge in [-0.1, -0.05) is 32.4 Å². The zero-order chi connectivity index (χ0) is 13.2. The van der Waals surface area contributed by atoms with Gasteiger partial charge in [-0.15, -0.1) is 11.8 Å². The minimum atomic E-state index is -0.0965. The van der Waals surface area contributed by atoms with Gasteiger partial charge in [0.15, 0.2) is 0 Å². The summed E-state index contributed by atoms with van der Waals surface area (Å²) in [4.78, 5) is 0.778. The van der Waals surface area contributed by atoms with E-state index >= 15 is 0 Å². The van der Waals surface area contributed by atoms with Crippen LogP contribution in [0.25, 0.3) is 0 Å². The number of halogens is 1. The lowest BCUT2D eigenvalue weighted by Crippen LogP contribution is -2.49. The van der Waals surface area contributed by atoms with Crippen LogP contribution in [-0.4, -0.2) is 18.3 Å². The summed E-state index contributed by atoms with van der Waals surface area (Å²) in [6.45, 7) is 4.62. The fraction of sp³-hybridized carbons (Fsp3) is 0.600. The number of nitrogens with one attached hydrogen (secondary N) is 1. The van der Waals surface area contributed by atoms with E-state index in [9.17, 15) is 4.39 Å². The van der Waals surface area contributed by atoms with Gasteiger partial charge in [0.1, 0.15) is 5.82 Å². The molecule has 1 aromatic rings. The third-order valence-electron chi connectivity index (χ3n) is 3.95. The molecule has 1 aromatic carbocycles. The number of benzene rings is 1. The molecule has 100 valence electrons. The van der Waals surface area contributed by atoms with Gasteiger partial charge in [-0.25, -0.2) is 4.39 Å². The first-order chi connectivity index (χ1) is 8.54. The van der Waals surface area contributed by atoms with Crippen LogP contribution in [0.15, 0.2) is 29.2 Å². The van der Waals surface area contributed by atoms with Crippen LogP contribution in [0.5, 0.6) is 0 Å². The van der Waals surface area contributed by atoms with E-state index in [1.54, 1.807) is 23.9 Å². The van der Waals surface area contributed by atoms with Crippen molar-refractivity contribution in [3.8, 4) is 0 Å². The molecular formula is C15H22FNS. The molecule has 2 unspecified atom stereocenters. The minimum Gasteiger partial charge on any atom is -0.315 e. The fourth-order valence-corrected chi connectivity index (χ4v) is 4.58. The van der Waals surface area contributed by atoms with E-state index in [1.807, 2.05) is 19.2 Å². The van der Waals surface area contributed by atoms with Crippen molar-refractivity contribution >= 4 is 11.8 Å². The lowest BCUT2D eigenvalue weighted by molar-refractivity contribution is 0.182. The molecule has 0 aromatic heterocycles. The van der Waals surface area contributed by atoms with Crippen LogP contribution < -0.4 is 5.32 Å². The van der Waals surface area contributed by atoms with E-state index in [-0.39, 0.29) is 11.2 Å². The highest BCUT2D eigenvalue weighted by Gasteiger charge is 2.38. The van der Waals surface area contributed by atoms with Crippen LogP contribution in [0.1, 0.15) is 33.1 Å². The van der Waals surface area contributed by atoms with Crippen LogP contribution in [0, 0.1) is 11.2 Å². The van der Waals surface area contributed by atoms with Gasteiger partial charge in [-0.05, 0) is 37.4 Å². The maximum atomic E-state index is 13.7. The Kier molecular flexibility index (Phi) is 4.33. The van der Waals surface area contributed by atoms with Crippen molar-refractivity contribution in [3.05, 3.63) is 30.1 Å². The quantitative estimate of drug-likeness (QED) is 0.885. The molecule has 0 amide bonds. The molecular weight excluding hydrogens is 245 g/mol. The summed E-state index contributed by atoms with van der Waals surface area (Å²) in [7, 11) is 2.02. The third-order valence-corrected chi connectivity index (χ3v) is 5.35. The van der Waals surface area contributed by atoms with E-state index in [2.05, 4.69) is 19.2 Å². The second-order valence-electron chi connectivity index (χ2n) is 5.73. The van der Waals surface area contributed by atoms with E-state index in [0.29, 0.717) is 11.3 Å². The smallest absolute Gasteiger partial charge is 0.136 e. The Morgan fingerprint density at radius 2 is 2.06 bits per heavy atom. The topological polar surface area (TPSA) is 12.0 Å². The zero-order valence-corrected chi connectivity index (χ0v) is 12.2. The Bertz CT molecular complexity index is 405. The first kappa shape index (κ1) is 13.9. The van der Waals surface area contributed by atoms with E-state index < -0.39 is 0 Å². The molecule has 1 saturated carbocycles. The predicted molar refractivity (Wildman–Crippen MR) is 76.5 cm³/mol. The number of hydrogen-bond acceptors (Lipinski definition) is 2. The van der Waals surface area contributed by atoms with Gasteiger partial charge in [0.05, 0.1) is 0 Å². The highest BCUT2D eigenvalue weighted by molar-refractivity contribution is 8.00. The Labute approximate surface area is 114 Å². The minimum absolute atomic E-state index is 0.0965. The van der Waals surface area contributed by atoms with Crippen molar-refractivity contribution in [2.75, 3.05) is 7.05 Å². The van der Waals surface area contributed by atoms with Crippen molar-refractivity contribution in [1.29, 1.82) is 0 Å². The first-order valence-corrected chi connectivity index (χ1v) is 7.51. The maximum Gasteiger partial charge on any atom is 0.136 e. The summed E-state index contributed by atoms with van der Waals surface area (Å²) in [5.74, 6) is -0.0965. The molecule has 0 saturated heterocycles. The molecule has 1 nitrogen and oxygen atoms in total. The van der Waals surface area contributed by atoms with Crippen LogP contribution in [0.4, 0.5) is 4.39 Å². The molecule has 3 heteroatoms. The average molecular weight is 267 g/mol. The molecule has 0 spiro atoms. The monoisotopic (exact) mass is 267 g/mol. The highest BCUT2D eigenvalue weighted by Crippen LogP contribution is 2.43. The third kappa shape index (κ3) is 2.89. The van der Waals surface area contributed by atoms with Crippen molar-refractivity contribution in [1.82, 2.24) is 5.32 Å². The van der Waals surface area contributed by atoms with E-state index in [0.717, 1.165) is 11.3 Å². The SMILES string of the molecule is CNC1C(Sc2ccccc2F)CCCC1(C)C. The molecule has 18 heavy (non-hydrogen) atoms. The summed E-state index contributed by atoms with van der Waals surface area (Å²) in [6.07, 6.45) is 3.64. The molecule has 1 aliphatic rings. The van der Waals surface area contributed by atoms with Crippen molar-refractivity contribution in [2.24, 2.45) is 5.41 Å². The average Bonchev–Trinajstić information content (AvgIpc) is 2.31. The maximum absolute atomic E-state index is 13.7. The summed E-state index contributed by atoms with van der Waals surface area (Å²) >= 11 is 1.69. The van der Waals surface area contributed by atoms with Crippen LogP contribution in [0.3, 0.4) is 0 Å². The molecule has 0 aliphatic heterocycles. The molecule has 1 fully saturated rings. The molecule has 2 atom stereocenters. The number of thioether (sulfide) groups is 1. The Balaban J connectivity index is 2.15. The van der Waals surface area contributed by atoms with Gasteiger partial charge in [0.25, 0.3) is 0 Å². The largest absolute Gasteiger partial charge is 0.315 e. The Morgan fingerprint density at radius 3 is 2.72 bits per heavy atom. The summed E-state index contributed by atoms with van der Waals surface area (Å²) < 4.78 is 13.7. The van der Waals surface area contributed by atoms with Gasteiger partial charge >= 0.3 is 0 Å². The Morgan fingerprint density at radius 1 is 1.33 bits per heavy atom. The van der Waals surface area contributed by atoms with Gasteiger partial charge in [-0.2, -0.15) is 0 Å². The van der Waals surface area contributed by atoms with Crippen molar-refractivity contribution in [3.63, 3.8) is 0 Å². The van der Waals surface area contributed by atoms with E-state index in [4.69, 9.17) is 0 Å². The fourth-order valence-electron chi connectivity index (χ4n) is 2.99.